The molecule has 5 nitrogen and oxygen atoms in total. The largest absolute Gasteiger partial charge is 0.333 e. The van der Waals surface area contributed by atoms with Crippen LogP contribution in [-0.4, -0.2) is 41.1 Å². The average molecular weight is 208 g/mol. The molecule has 2 rings (SSSR count). The maximum Gasteiger partial charge on any atom is 0.237 e. The molecular formula is C10H16N4O. The zero-order chi connectivity index (χ0) is 10.7. The predicted octanol–water partition coefficient (Wildman–Crippen LogP) is 0.293. The van der Waals surface area contributed by atoms with E-state index >= 15 is 0 Å². The molecule has 1 saturated heterocycles. The number of likely N-dealkylation sites (N-methyl/N-ethyl adjacent to an activating group) is 1. The second-order valence-electron chi connectivity index (χ2n) is 3.79. The molecule has 1 aromatic heterocycles. The molecule has 5 heteroatoms. The molecule has 0 bridgehead atoms. The van der Waals surface area contributed by atoms with Gasteiger partial charge in [-0.2, -0.15) is 5.10 Å². The third kappa shape index (κ3) is 2.02. The van der Waals surface area contributed by atoms with E-state index in [1.165, 1.54) is 0 Å². The van der Waals surface area contributed by atoms with Crippen LogP contribution < -0.4 is 5.32 Å². The fourth-order valence-electron chi connectivity index (χ4n) is 2.09. The van der Waals surface area contributed by atoms with Crippen molar-refractivity contribution in [1.29, 1.82) is 0 Å². The topological polar surface area (TPSA) is 61.0 Å². The number of nitrogens with one attached hydrogen (secondary N) is 2. The molecule has 0 aliphatic carbocycles. The monoisotopic (exact) mass is 208 g/mol. The minimum atomic E-state index is 0.162. The van der Waals surface area contributed by atoms with Crippen LogP contribution in [0.25, 0.3) is 0 Å². The van der Waals surface area contributed by atoms with Crippen LogP contribution in [0, 0.1) is 0 Å². The fraction of sp³-hybridized carbons (Fsp3) is 0.600. The summed E-state index contributed by atoms with van der Waals surface area (Å²) >= 11 is 0. The van der Waals surface area contributed by atoms with Crippen LogP contribution >= 0.6 is 0 Å². The number of carbonyl (C=O) groups excluding carboxylic acids is 1. The Hall–Kier alpha value is -1.36. The van der Waals surface area contributed by atoms with Crippen LogP contribution in [0.3, 0.4) is 0 Å². The Morgan fingerprint density at radius 2 is 2.67 bits per heavy atom. The van der Waals surface area contributed by atoms with E-state index in [0.717, 1.165) is 25.1 Å². The molecule has 2 N–H and O–H groups in total. The molecule has 1 fully saturated rings. The highest BCUT2D eigenvalue weighted by Gasteiger charge is 2.29. The minimum Gasteiger partial charge on any atom is -0.333 e. The number of aromatic amines is 1. The van der Waals surface area contributed by atoms with Gasteiger partial charge in [-0.05, 0) is 26.0 Å². The highest BCUT2D eigenvalue weighted by molar-refractivity contribution is 5.79. The van der Waals surface area contributed by atoms with Crippen molar-refractivity contribution in [2.75, 3.05) is 20.1 Å². The van der Waals surface area contributed by atoms with Gasteiger partial charge in [0, 0.05) is 12.7 Å². The van der Waals surface area contributed by atoms with Crippen LogP contribution in [0.2, 0.25) is 0 Å². The zero-order valence-corrected chi connectivity index (χ0v) is 8.86. The third-order valence-corrected chi connectivity index (χ3v) is 2.78. The van der Waals surface area contributed by atoms with Gasteiger partial charge in [0.05, 0.1) is 18.3 Å². The van der Waals surface area contributed by atoms with E-state index in [9.17, 15) is 4.79 Å². The number of nitrogens with zero attached hydrogens (tertiary/aromatic N) is 2. The number of hydrogen-bond acceptors (Lipinski definition) is 3. The summed E-state index contributed by atoms with van der Waals surface area (Å²) in [4.78, 5) is 13.7. The molecule has 15 heavy (non-hydrogen) atoms. The first-order valence-electron chi connectivity index (χ1n) is 5.26. The summed E-state index contributed by atoms with van der Waals surface area (Å²) in [6.07, 6.45) is 3.82. The second-order valence-corrected chi connectivity index (χ2v) is 3.79. The second kappa shape index (κ2) is 4.44. The maximum atomic E-state index is 11.8. The molecular weight excluding hydrogens is 192 g/mol. The lowest BCUT2D eigenvalue weighted by molar-refractivity contribution is -0.131. The highest BCUT2D eigenvalue weighted by atomic mass is 16.2. The molecule has 1 aromatic rings. The van der Waals surface area contributed by atoms with Gasteiger partial charge in [0.15, 0.2) is 0 Å². The average Bonchev–Trinajstić information content (AvgIpc) is 2.88. The highest BCUT2D eigenvalue weighted by Crippen LogP contribution is 2.30. The van der Waals surface area contributed by atoms with Gasteiger partial charge in [-0.3, -0.25) is 9.89 Å². The summed E-state index contributed by atoms with van der Waals surface area (Å²) in [6, 6.07) is 2.13. The summed E-state index contributed by atoms with van der Waals surface area (Å²) < 4.78 is 0. The van der Waals surface area contributed by atoms with Crippen molar-refractivity contribution in [2.24, 2.45) is 0 Å². The fourth-order valence-corrected chi connectivity index (χ4v) is 2.09. The lowest BCUT2D eigenvalue weighted by atomic mass is 10.1. The number of amides is 1. The van der Waals surface area contributed by atoms with Gasteiger partial charge in [0.1, 0.15) is 0 Å². The Morgan fingerprint density at radius 1 is 1.80 bits per heavy atom. The lowest BCUT2D eigenvalue weighted by Gasteiger charge is -2.23. The van der Waals surface area contributed by atoms with Crippen molar-refractivity contribution in [3.63, 3.8) is 0 Å². The van der Waals surface area contributed by atoms with Crippen LogP contribution in [0.4, 0.5) is 0 Å². The van der Waals surface area contributed by atoms with Crippen molar-refractivity contribution in [1.82, 2.24) is 20.4 Å². The maximum absolute atomic E-state index is 11.8. The van der Waals surface area contributed by atoms with Crippen LogP contribution in [0.5, 0.6) is 0 Å². The van der Waals surface area contributed by atoms with Gasteiger partial charge in [-0.25, -0.2) is 0 Å². The molecule has 1 unspecified atom stereocenters. The smallest absolute Gasteiger partial charge is 0.237 e. The summed E-state index contributed by atoms with van der Waals surface area (Å²) in [7, 11) is 1.79. The van der Waals surface area contributed by atoms with Crippen molar-refractivity contribution in [3.8, 4) is 0 Å². The number of H-pyrrole nitrogens is 1. The van der Waals surface area contributed by atoms with Crippen LogP contribution in [0.15, 0.2) is 12.3 Å². The van der Waals surface area contributed by atoms with E-state index in [1.807, 2.05) is 11.0 Å². The van der Waals surface area contributed by atoms with Crippen molar-refractivity contribution in [2.45, 2.75) is 18.9 Å². The Morgan fingerprint density at radius 3 is 3.33 bits per heavy atom. The molecule has 2 heterocycles. The van der Waals surface area contributed by atoms with E-state index in [1.54, 1.807) is 13.2 Å². The molecule has 0 saturated carbocycles. The Kier molecular flexibility index (Phi) is 3.01. The van der Waals surface area contributed by atoms with Crippen molar-refractivity contribution < 1.29 is 4.79 Å². The van der Waals surface area contributed by atoms with Crippen LogP contribution in [-0.2, 0) is 4.79 Å². The van der Waals surface area contributed by atoms with E-state index in [4.69, 9.17) is 0 Å². The molecule has 1 aliphatic heterocycles. The van der Waals surface area contributed by atoms with Gasteiger partial charge in [-0.15, -0.1) is 0 Å². The molecule has 1 amide bonds. The number of hydrogen-bond donors (Lipinski definition) is 2. The first-order chi connectivity index (χ1) is 7.33. The standard InChI is InChI=1S/C10H16N4O/c1-11-7-10(15)14-6-2-3-9(14)8-4-5-12-13-8/h4-5,9,11H,2-3,6-7H2,1H3,(H,12,13). The molecule has 0 spiro atoms. The van der Waals surface area contributed by atoms with Crippen molar-refractivity contribution >= 4 is 5.91 Å². The van der Waals surface area contributed by atoms with Crippen molar-refractivity contribution in [3.05, 3.63) is 18.0 Å². The van der Waals surface area contributed by atoms with E-state index in [2.05, 4.69) is 15.5 Å². The molecule has 0 aromatic carbocycles. The van der Waals surface area contributed by atoms with Gasteiger partial charge < -0.3 is 10.2 Å². The summed E-state index contributed by atoms with van der Waals surface area (Å²) in [5.74, 6) is 0.162. The number of aromatic nitrogens is 2. The first-order valence-corrected chi connectivity index (χ1v) is 5.26. The number of carbonyl (C=O) groups is 1. The van der Waals surface area contributed by atoms with Gasteiger partial charge in [0.2, 0.25) is 5.91 Å². The number of likely N-dealkylation sites (tertiary alicyclic amines) is 1. The Labute approximate surface area is 88.8 Å². The van der Waals surface area contributed by atoms with Crippen LogP contribution in [0.1, 0.15) is 24.6 Å². The summed E-state index contributed by atoms with van der Waals surface area (Å²) in [5, 5.41) is 9.76. The predicted molar refractivity (Wildman–Crippen MR) is 56.2 cm³/mol. The number of rotatable bonds is 3. The summed E-state index contributed by atoms with van der Waals surface area (Å²) in [6.45, 7) is 1.26. The third-order valence-electron chi connectivity index (χ3n) is 2.78. The first kappa shape index (κ1) is 10.2. The molecule has 1 atom stereocenters. The van der Waals surface area contributed by atoms with E-state index < -0.39 is 0 Å². The molecule has 1 aliphatic rings. The quantitative estimate of drug-likeness (QED) is 0.750. The Bertz CT molecular complexity index is 322. The van der Waals surface area contributed by atoms with Gasteiger partial charge in [-0.1, -0.05) is 0 Å². The normalized spacial score (nSPS) is 20.9. The van der Waals surface area contributed by atoms with Gasteiger partial charge >= 0.3 is 0 Å². The summed E-state index contributed by atoms with van der Waals surface area (Å²) in [5.41, 5.74) is 1.04. The van der Waals surface area contributed by atoms with Gasteiger partial charge in [0.25, 0.3) is 0 Å². The lowest BCUT2D eigenvalue weighted by Crippen LogP contribution is -2.36. The van der Waals surface area contributed by atoms with E-state index in [-0.39, 0.29) is 11.9 Å². The SMILES string of the molecule is CNCC(=O)N1CCCC1c1ccn[nH]1. The van der Waals surface area contributed by atoms with E-state index in [0.29, 0.717) is 6.54 Å². The molecule has 82 valence electrons. The minimum absolute atomic E-state index is 0.162. The molecule has 0 radical (unpaired) electrons. The zero-order valence-electron chi connectivity index (χ0n) is 8.86. The Balaban J connectivity index is 2.08.